The van der Waals surface area contributed by atoms with Crippen LogP contribution < -0.4 is 10.9 Å². The maximum absolute atomic E-state index is 12.1. The number of phenols is 2. The summed E-state index contributed by atoms with van der Waals surface area (Å²) in [5, 5.41) is 30.9. The summed E-state index contributed by atoms with van der Waals surface area (Å²) >= 11 is 0. The quantitative estimate of drug-likeness (QED) is 0.473. The van der Waals surface area contributed by atoms with E-state index in [1.807, 2.05) is 0 Å². The Hall–Kier alpha value is -3.03. The van der Waals surface area contributed by atoms with Crippen molar-refractivity contribution in [2.45, 2.75) is 32.7 Å². The highest BCUT2D eigenvalue weighted by atomic mass is 16.4. The number of hydrogen-bond acceptors (Lipinski definition) is 6. The maximum Gasteiger partial charge on any atom is 0.340 e. The zero-order valence-electron chi connectivity index (χ0n) is 13.1. The predicted molar refractivity (Wildman–Crippen MR) is 84.1 cm³/mol. The number of carboxylic acids is 1. The lowest BCUT2D eigenvalue weighted by Crippen LogP contribution is -2.41. The standard InChI is InChI=1S/C16H17NO7/c1-3-10(15(21)22)17-12(19)6-9-7(2)8-4-5-11(18)13(20)14(8)24-16(9)23/h4-5,10,18,20H,3,6H2,1-2H3,(H,17,19)(H,21,22). The molecule has 0 bridgehead atoms. The van der Waals surface area contributed by atoms with E-state index in [0.29, 0.717) is 10.9 Å². The highest BCUT2D eigenvalue weighted by molar-refractivity contribution is 5.90. The number of phenolic OH excluding ortho intramolecular Hbond substituents is 2. The van der Waals surface area contributed by atoms with Crippen molar-refractivity contribution in [3.63, 3.8) is 0 Å². The van der Waals surface area contributed by atoms with E-state index in [1.165, 1.54) is 12.1 Å². The Kier molecular flexibility index (Phi) is 4.77. The Labute approximate surface area is 136 Å². The molecule has 1 atom stereocenters. The Balaban J connectivity index is 2.40. The van der Waals surface area contributed by atoms with Crippen molar-refractivity contribution in [1.29, 1.82) is 0 Å². The van der Waals surface area contributed by atoms with Gasteiger partial charge >= 0.3 is 11.6 Å². The summed E-state index contributed by atoms with van der Waals surface area (Å²) in [6, 6.07) is 1.66. The molecule has 24 heavy (non-hydrogen) atoms. The van der Waals surface area contributed by atoms with Crippen molar-refractivity contribution >= 4 is 22.8 Å². The molecular formula is C16H17NO7. The lowest BCUT2D eigenvalue weighted by molar-refractivity contribution is -0.141. The molecule has 1 amide bonds. The van der Waals surface area contributed by atoms with E-state index in [1.54, 1.807) is 13.8 Å². The third-order valence-electron chi connectivity index (χ3n) is 3.79. The van der Waals surface area contributed by atoms with Crippen LogP contribution in [0.15, 0.2) is 21.3 Å². The fourth-order valence-electron chi connectivity index (χ4n) is 2.38. The minimum atomic E-state index is -1.16. The van der Waals surface area contributed by atoms with Crippen LogP contribution in [0.1, 0.15) is 24.5 Å². The molecule has 0 aliphatic rings. The molecule has 4 N–H and O–H groups in total. The average molecular weight is 335 g/mol. The van der Waals surface area contributed by atoms with Gasteiger partial charge in [0.1, 0.15) is 6.04 Å². The molecular weight excluding hydrogens is 318 g/mol. The normalized spacial score (nSPS) is 12.1. The molecule has 0 fully saturated rings. The fourth-order valence-corrected chi connectivity index (χ4v) is 2.38. The van der Waals surface area contributed by atoms with Gasteiger partial charge in [0.05, 0.1) is 12.0 Å². The first-order chi connectivity index (χ1) is 11.3. The molecule has 2 rings (SSSR count). The third-order valence-corrected chi connectivity index (χ3v) is 3.79. The minimum absolute atomic E-state index is 0.0605. The fraction of sp³-hybridized carbons (Fsp3) is 0.312. The van der Waals surface area contributed by atoms with Crippen LogP contribution in [-0.4, -0.2) is 33.2 Å². The monoisotopic (exact) mass is 335 g/mol. The van der Waals surface area contributed by atoms with E-state index < -0.39 is 35.0 Å². The van der Waals surface area contributed by atoms with Crippen molar-refractivity contribution in [2.24, 2.45) is 0 Å². The van der Waals surface area contributed by atoms with Crippen LogP contribution >= 0.6 is 0 Å². The molecule has 1 aromatic carbocycles. The molecule has 1 aromatic heterocycles. The van der Waals surface area contributed by atoms with Gasteiger partial charge in [0.2, 0.25) is 11.7 Å². The van der Waals surface area contributed by atoms with Gasteiger partial charge in [0.25, 0.3) is 0 Å². The first-order valence-electron chi connectivity index (χ1n) is 7.25. The molecule has 0 saturated heterocycles. The number of hydrogen-bond donors (Lipinski definition) is 4. The second-order valence-electron chi connectivity index (χ2n) is 5.35. The molecule has 0 radical (unpaired) electrons. The smallest absolute Gasteiger partial charge is 0.340 e. The first kappa shape index (κ1) is 17.3. The van der Waals surface area contributed by atoms with Gasteiger partial charge in [-0.2, -0.15) is 0 Å². The lowest BCUT2D eigenvalue weighted by atomic mass is 10.0. The lowest BCUT2D eigenvalue weighted by Gasteiger charge is -2.13. The summed E-state index contributed by atoms with van der Waals surface area (Å²) in [5.74, 6) is -2.76. The van der Waals surface area contributed by atoms with E-state index in [4.69, 9.17) is 9.52 Å². The van der Waals surface area contributed by atoms with E-state index in [9.17, 15) is 24.6 Å². The van der Waals surface area contributed by atoms with Crippen LogP contribution in [0.3, 0.4) is 0 Å². The van der Waals surface area contributed by atoms with Gasteiger partial charge in [0, 0.05) is 5.39 Å². The molecule has 2 aromatic rings. The number of carboxylic acid groups (broad SMARTS) is 1. The van der Waals surface area contributed by atoms with Gasteiger partial charge in [0.15, 0.2) is 11.3 Å². The van der Waals surface area contributed by atoms with Crippen molar-refractivity contribution in [2.75, 3.05) is 0 Å². The zero-order chi connectivity index (χ0) is 18.0. The number of aliphatic carboxylic acids is 1. The van der Waals surface area contributed by atoms with Gasteiger partial charge in [-0.15, -0.1) is 0 Å². The van der Waals surface area contributed by atoms with E-state index in [2.05, 4.69) is 5.32 Å². The van der Waals surface area contributed by atoms with Crippen LogP contribution in [0.4, 0.5) is 0 Å². The topological polar surface area (TPSA) is 137 Å². The average Bonchev–Trinajstić information content (AvgIpc) is 2.52. The van der Waals surface area contributed by atoms with Gasteiger partial charge in [-0.25, -0.2) is 9.59 Å². The van der Waals surface area contributed by atoms with Crippen molar-refractivity contribution in [3.8, 4) is 11.5 Å². The van der Waals surface area contributed by atoms with Crippen LogP contribution in [0.2, 0.25) is 0 Å². The number of amides is 1. The highest BCUT2D eigenvalue weighted by Crippen LogP contribution is 2.34. The van der Waals surface area contributed by atoms with Gasteiger partial charge < -0.3 is 25.1 Å². The van der Waals surface area contributed by atoms with Crippen molar-refractivity contribution in [1.82, 2.24) is 5.32 Å². The Bertz CT molecular complexity index is 869. The number of benzene rings is 1. The second kappa shape index (κ2) is 6.61. The molecule has 0 saturated carbocycles. The summed E-state index contributed by atoms with van der Waals surface area (Å²) < 4.78 is 5.00. The Morgan fingerprint density at radius 1 is 1.29 bits per heavy atom. The highest BCUT2D eigenvalue weighted by Gasteiger charge is 2.21. The molecule has 0 aliphatic heterocycles. The van der Waals surface area contributed by atoms with Crippen LogP contribution in [0, 0.1) is 6.92 Å². The zero-order valence-corrected chi connectivity index (χ0v) is 13.1. The molecule has 8 nitrogen and oxygen atoms in total. The molecule has 1 unspecified atom stereocenters. The van der Waals surface area contributed by atoms with Crippen LogP contribution in [0.25, 0.3) is 11.0 Å². The van der Waals surface area contributed by atoms with E-state index >= 15 is 0 Å². The molecule has 1 heterocycles. The number of nitrogens with one attached hydrogen (secondary N) is 1. The summed E-state index contributed by atoms with van der Waals surface area (Å²) in [5.41, 5.74) is -0.529. The third kappa shape index (κ3) is 3.17. The summed E-state index contributed by atoms with van der Waals surface area (Å²) in [7, 11) is 0. The molecule has 0 spiro atoms. The molecule has 0 aliphatic carbocycles. The van der Waals surface area contributed by atoms with E-state index in [-0.39, 0.29) is 24.0 Å². The Morgan fingerprint density at radius 2 is 1.96 bits per heavy atom. The van der Waals surface area contributed by atoms with Crippen LogP contribution in [0.5, 0.6) is 11.5 Å². The number of carbonyl (C=O) groups excluding carboxylic acids is 1. The largest absolute Gasteiger partial charge is 0.504 e. The van der Waals surface area contributed by atoms with Gasteiger partial charge in [-0.1, -0.05) is 6.92 Å². The van der Waals surface area contributed by atoms with Crippen molar-refractivity contribution < 1.29 is 29.3 Å². The number of aromatic hydroxyl groups is 2. The van der Waals surface area contributed by atoms with Crippen molar-refractivity contribution in [3.05, 3.63) is 33.7 Å². The summed E-state index contributed by atoms with van der Waals surface area (Å²) in [6.07, 6.45) is -0.144. The molecule has 128 valence electrons. The SMILES string of the molecule is CCC(NC(=O)Cc1c(C)c2ccc(O)c(O)c2oc1=O)C(=O)O. The predicted octanol–water partition coefficient (Wildman–Crippen LogP) is 1.03. The summed E-state index contributed by atoms with van der Waals surface area (Å²) in [6.45, 7) is 3.19. The summed E-state index contributed by atoms with van der Waals surface area (Å²) in [4.78, 5) is 35.0. The number of rotatable bonds is 5. The van der Waals surface area contributed by atoms with E-state index in [0.717, 1.165) is 0 Å². The maximum atomic E-state index is 12.1. The molecule has 8 heteroatoms. The minimum Gasteiger partial charge on any atom is -0.504 e. The first-order valence-corrected chi connectivity index (χ1v) is 7.25. The Morgan fingerprint density at radius 3 is 2.54 bits per heavy atom. The van der Waals surface area contributed by atoms with Crippen LogP contribution in [-0.2, 0) is 16.0 Å². The van der Waals surface area contributed by atoms with Gasteiger partial charge in [-0.05, 0) is 31.0 Å². The number of fused-ring (bicyclic) bond motifs is 1. The number of carbonyl (C=O) groups is 2. The number of aryl methyl sites for hydroxylation is 1. The second-order valence-corrected chi connectivity index (χ2v) is 5.35. The van der Waals surface area contributed by atoms with Gasteiger partial charge in [-0.3, -0.25) is 4.79 Å².